The second kappa shape index (κ2) is 7.07. The van der Waals surface area contributed by atoms with Gasteiger partial charge in [-0.25, -0.2) is 0 Å². The van der Waals surface area contributed by atoms with E-state index < -0.39 is 0 Å². The van der Waals surface area contributed by atoms with Crippen molar-refractivity contribution in [2.45, 2.75) is 26.3 Å². The SMILES string of the molecule is CC(=O)Nc1ccc(OC(C)=O)c2c1CN(C)CC2c1ccccc1. The molecule has 25 heavy (non-hydrogen) atoms. The highest BCUT2D eigenvalue weighted by molar-refractivity contribution is 5.90. The Bertz CT molecular complexity index is 802. The molecule has 0 saturated heterocycles. The van der Waals surface area contributed by atoms with E-state index in [1.165, 1.54) is 13.8 Å². The molecule has 2 aromatic rings. The van der Waals surface area contributed by atoms with Crippen LogP contribution in [0.25, 0.3) is 0 Å². The Morgan fingerprint density at radius 3 is 2.48 bits per heavy atom. The summed E-state index contributed by atoms with van der Waals surface area (Å²) in [7, 11) is 2.05. The van der Waals surface area contributed by atoms with Crippen LogP contribution < -0.4 is 10.1 Å². The van der Waals surface area contributed by atoms with E-state index in [1.807, 2.05) is 18.2 Å². The molecule has 1 unspecified atom stereocenters. The number of nitrogens with one attached hydrogen (secondary N) is 1. The number of carbonyl (C=O) groups excluding carboxylic acids is 2. The van der Waals surface area contributed by atoms with Gasteiger partial charge in [0.1, 0.15) is 5.75 Å². The number of rotatable bonds is 3. The fraction of sp³-hybridized carbons (Fsp3) is 0.300. The first-order chi connectivity index (χ1) is 12.0. The minimum absolute atomic E-state index is 0.0676. The van der Waals surface area contributed by atoms with Crippen molar-refractivity contribution >= 4 is 17.6 Å². The maximum absolute atomic E-state index is 11.6. The standard InChI is InChI=1S/C20H22N2O3/c1-13(23)21-18-9-10-19(25-14(2)24)20-16(11-22(3)12-17(18)20)15-7-5-4-6-8-15/h4-10,16H,11-12H2,1-3H3,(H,21,23). The first-order valence-corrected chi connectivity index (χ1v) is 8.31. The number of fused-ring (bicyclic) bond motifs is 1. The zero-order valence-electron chi connectivity index (χ0n) is 14.7. The first-order valence-electron chi connectivity index (χ1n) is 8.31. The molecule has 5 heteroatoms. The van der Waals surface area contributed by atoms with Crippen molar-refractivity contribution in [2.24, 2.45) is 0 Å². The monoisotopic (exact) mass is 338 g/mol. The summed E-state index contributed by atoms with van der Waals surface area (Å²) < 4.78 is 5.49. The number of esters is 1. The third-order valence-corrected chi connectivity index (χ3v) is 4.35. The van der Waals surface area contributed by atoms with Gasteiger partial charge in [-0.3, -0.25) is 9.59 Å². The van der Waals surface area contributed by atoms with Gasteiger partial charge in [-0.2, -0.15) is 0 Å². The fourth-order valence-electron chi connectivity index (χ4n) is 3.44. The van der Waals surface area contributed by atoms with Crippen molar-refractivity contribution in [3.8, 4) is 5.75 Å². The number of anilines is 1. The Morgan fingerprint density at radius 1 is 1.12 bits per heavy atom. The smallest absolute Gasteiger partial charge is 0.308 e. The summed E-state index contributed by atoms with van der Waals surface area (Å²) in [5.74, 6) is 0.170. The van der Waals surface area contributed by atoms with E-state index >= 15 is 0 Å². The van der Waals surface area contributed by atoms with E-state index in [0.717, 1.165) is 28.9 Å². The van der Waals surface area contributed by atoms with E-state index in [2.05, 4.69) is 29.4 Å². The molecule has 0 aromatic heterocycles. The van der Waals surface area contributed by atoms with Crippen LogP contribution in [-0.2, 0) is 16.1 Å². The molecule has 2 aromatic carbocycles. The highest BCUT2D eigenvalue weighted by atomic mass is 16.5. The van der Waals surface area contributed by atoms with Gasteiger partial charge < -0.3 is 15.0 Å². The Balaban J connectivity index is 2.18. The van der Waals surface area contributed by atoms with Crippen molar-refractivity contribution in [3.63, 3.8) is 0 Å². The number of benzene rings is 2. The average molecular weight is 338 g/mol. The molecule has 1 aliphatic rings. The van der Waals surface area contributed by atoms with Gasteiger partial charge in [-0.15, -0.1) is 0 Å². The lowest BCUT2D eigenvalue weighted by molar-refractivity contribution is -0.132. The van der Waals surface area contributed by atoms with Crippen molar-refractivity contribution in [3.05, 3.63) is 59.2 Å². The molecule has 1 N–H and O–H groups in total. The van der Waals surface area contributed by atoms with Gasteiger partial charge in [0, 0.05) is 44.1 Å². The van der Waals surface area contributed by atoms with E-state index in [4.69, 9.17) is 4.74 Å². The van der Waals surface area contributed by atoms with E-state index in [1.54, 1.807) is 12.1 Å². The zero-order valence-corrected chi connectivity index (χ0v) is 14.7. The van der Waals surface area contributed by atoms with Crippen LogP contribution >= 0.6 is 0 Å². The normalized spacial score (nSPS) is 16.8. The lowest BCUT2D eigenvalue weighted by Gasteiger charge is -2.35. The van der Waals surface area contributed by atoms with Gasteiger partial charge >= 0.3 is 5.97 Å². The fourth-order valence-corrected chi connectivity index (χ4v) is 3.44. The predicted octanol–water partition coefficient (Wildman–Crippen LogP) is 3.15. The van der Waals surface area contributed by atoms with Crippen LogP contribution in [0.1, 0.15) is 36.5 Å². The summed E-state index contributed by atoms with van der Waals surface area (Å²) in [5, 5.41) is 2.90. The van der Waals surface area contributed by atoms with Crippen molar-refractivity contribution in [1.82, 2.24) is 4.90 Å². The molecule has 1 atom stereocenters. The van der Waals surface area contributed by atoms with Gasteiger partial charge in [-0.05, 0) is 30.3 Å². The molecule has 1 heterocycles. The van der Waals surface area contributed by atoms with E-state index in [0.29, 0.717) is 12.3 Å². The quantitative estimate of drug-likeness (QED) is 0.690. The average Bonchev–Trinajstić information content (AvgIpc) is 2.56. The predicted molar refractivity (Wildman–Crippen MR) is 96.7 cm³/mol. The Kier molecular flexibility index (Phi) is 4.86. The van der Waals surface area contributed by atoms with Gasteiger partial charge in [0.15, 0.2) is 0 Å². The van der Waals surface area contributed by atoms with Crippen LogP contribution in [-0.4, -0.2) is 30.4 Å². The van der Waals surface area contributed by atoms with Crippen LogP contribution in [0.15, 0.2) is 42.5 Å². The highest BCUT2D eigenvalue weighted by Gasteiger charge is 2.30. The summed E-state index contributed by atoms with van der Waals surface area (Å²) >= 11 is 0. The first kappa shape index (κ1) is 17.2. The van der Waals surface area contributed by atoms with Crippen molar-refractivity contribution in [1.29, 1.82) is 0 Å². The van der Waals surface area contributed by atoms with E-state index in [9.17, 15) is 9.59 Å². The molecular weight excluding hydrogens is 316 g/mol. The molecule has 5 nitrogen and oxygen atoms in total. The minimum Gasteiger partial charge on any atom is -0.426 e. The molecule has 0 fully saturated rings. The molecule has 1 amide bonds. The molecule has 1 aliphatic heterocycles. The van der Waals surface area contributed by atoms with Crippen LogP contribution in [0.5, 0.6) is 5.75 Å². The summed E-state index contributed by atoms with van der Waals surface area (Å²) in [6, 6.07) is 13.7. The number of hydrogen-bond acceptors (Lipinski definition) is 4. The molecule has 0 aliphatic carbocycles. The molecule has 0 spiro atoms. The highest BCUT2D eigenvalue weighted by Crippen LogP contribution is 2.42. The number of hydrogen-bond donors (Lipinski definition) is 1. The van der Waals surface area contributed by atoms with Crippen LogP contribution in [0.4, 0.5) is 5.69 Å². The van der Waals surface area contributed by atoms with Crippen LogP contribution in [0.3, 0.4) is 0 Å². The number of carbonyl (C=O) groups is 2. The Morgan fingerprint density at radius 2 is 1.84 bits per heavy atom. The van der Waals surface area contributed by atoms with Crippen LogP contribution in [0, 0.1) is 0 Å². The lowest BCUT2D eigenvalue weighted by Crippen LogP contribution is -2.32. The summed E-state index contributed by atoms with van der Waals surface area (Å²) in [6.45, 7) is 4.40. The maximum Gasteiger partial charge on any atom is 0.308 e. The minimum atomic E-state index is -0.347. The van der Waals surface area contributed by atoms with Crippen molar-refractivity contribution < 1.29 is 14.3 Å². The summed E-state index contributed by atoms with van der Waals surface area (Å²) in [5.41, 5.74) is 3.90. The zero-order chi connectivity index (χ0) is 18.0. The topological polar surface area (TPSA) is 58.6 Å². The maximum atomic E-state index is 11.6. The van der Waals surface area contributed by atoms with Gasteiger partial charge in [0.05, 0.1) is 0 Å². The van der Waals surface area contributed by atoms with Crippen molar-refractivity contribution in [2.75, 3.05) is 18.9 Å². The molecule has 130 valence electrons. The molecule has 0 saturated carbocycles. The third-order valence-electron chi connectivity index (χ3n) is 4.35. The molecule has 0 radical (unpaired) electrons. The van der Waals surface area contributed by atoms with Crippen LogP contribution in [0.2, 0.25) is 0 Å². The largest absolute Gasteiger partial charge is 0.426 e. The van der Waals surface area contributed by atoms with E-state index in [-0.39, 0.29) is 17.8 Å². The Labute approximate surface area is 147 Å². The van der Waals surface area contributed by atoms with Gasteiger partial charge in [-0.1, -0.05) is 30.3 Å². The Hall–Kier alpha value is -2.66. The lowest BCUT2D eigenvalue weighted by atomic mass is 9.83. The summed E-state index contributed by atoms with van der Waals surface area (Å²) in [6.07, 6.45) is 0. The molecule has 3 rings (SSSR count). The van der Waals surface area contributed by atoms with Gasteiger partial charge in [0.25, 0.3) is 0 Å². The third kappa shape index (κ3) is 3.72. The second-order valence-corrected chi connectivity index (χ2v) is 6.44. The van der Waals surface area contributed by atoms with Gasteiger partial charge in [0.2, 0.25) is 5.91 Å². The molecular formula is C20H22N2O3. The second-order valence-electron chi connectivity index (χ2n) is 6.44. The number of nitrogens with zero attached hydrogens (tertiary/aromatic N) is 1. The number of likely N-dealkylation sites (N-methyl/N-ethyl adjacent to an activating group) is 1. The molecule has 0 bridgehead atoms. The number of ether oxygens (including phenoxy) is 1. The number of amides is 1. The summed E-state index contributed by atoms with van der Waals surface area (Å²) in [4.78, 5) is 25.4.